The fraction of sp³-hybridized carbons (Fsp3) is 0.647. The van der Waals surface area contributed by atoms with Crippen LogP contribution >= 0.6 is 0 Å². The molecular weight excluding hydrogens is 218 g/mol. The summed E-state index contributed by atoms with van der Waals surface area (Å²) < 4.78 is 0. The van der Waals surface area contributed by atoms with Gasteiger partial charge in [0.1, 0.15) is 0 Å². The highest BCUT2D eigenvalue weighted by Gasteiger charge is 2.54. The molecule has 0 aromatic heterocycles. The molecule has 2 aliphatic rings. The minimum absolute atomic E-state index is 0.338. The molecule has 2 unspecified atom stereocenters. The van der Waals surface area contributed by atoms with Gasteiger partial charge < -0.3 is 5.32 Å². The highest BCUT2D eigenvalue weighted by Crippen LogP contribution is 2.56. The van der Waals surface area contributed by atoms with E-state index in [1.807, 2.05) is 0 Å². The molecule has 1 fully saturated rings. The molecule has 0 radical (unpaired) electrons. The van der Waals surface area contributed by atoms with E-state index in [4.69, 9.17) is 0 Å². The van der Waals surface area contributed by atoms with Crippen LogP contribution in [0.1, 0.15) is 64.4 Å². The summed E-state index contributed by atoms with van der Waals surface area (Å²) in [4.78, 5) is 0. The molecule has 0 spiro atoms. The van der Waals surface area contributed by atoms with E-state index >= 15 is 0 Å². The topological polar surface area (TPSA) is 12.0 Å². The first-order chi connectivity index (χ1) is 8.72. The lowest BCUT2D eigenvalue weighted by Gasteiger charge is -2.48. The summed E-state index contributed by atoms with van der Waals surface area (Å²) in [5.41, 5.74) is 3.67. The monoisotopic (exact) mass is 243 g/mol. The quantitative estimate of drug-likeness (QED) is 0.798. The molecule has 1 aliphatic heterocycles. The second-order valence-electron chi connectivity index (χ2n) is 6.40. The van der Waals surface area contributed by atoms with Gasteiger partial charge in [0.15, 0.2) is 0 Å². The van der Waals surface area contributed by atoms with Gasteiger partial charge in [0, 0.05) is 16.6 Å². The van der Waals surface area contributed by atoms with Crippen molar-refractivity contribution in [3.63, 3.8) is 0 Å². The van der Waals surface area contributed by atoms with Gasteiger partial charge in [-0.1, -0.05) is 57.7 Å². The molecule has 1 heterocycles. The number of anilines is 1. The Labute approximate surface area is 111 Å². The van der Waals surface area contributed by atoms with Gasteiger partial charge in [-0.25, -0.2) is 0 Å². The highest BCUT2D eigenvalue weighted by molar-refractivity contribution is 5.64. The van der Waals surface area contributed by atoms with Crippen molar-refractivity contribution in [2.45, 2.75) is 69.7 Å². The Morgan fingerprint density at radius 3 is 2.78 bits per heavy atom. The number of nitrogens with one attached hydrogen (secondary N) is 1. The summed E-state index contributed by atoms with van der Waals surface area (Å²) in [6.07, 6.45) is 9.45. The molecule has 18 heavy (non-hydrogen) atoms. The predicted octanol–water partition coefficient (Wildman–Crippen LogP) is 4.87. The van der Waals surface area contributed by atoms with Crippen LogP contribution in [-0.2, 0) is 5.41 Å². The molecule has 1 N–H and O–H groups in total. The molecular formula is C17H25N. The summed E-state index contributed by atoms with van der Waals surface area (Å²) in [5, 5.41) is 3.93. The Bertz CT molecular complexity index is 439. The maximum absolute atomic E-state index is 3.93. The summed E-state index contributed by atoms with van der Waals surface area (Å²) in [6, 6.07) is 8.99. The lowest BCUT2D eigenvalue weighted by Crippen LogP contribution is -2.52. The van der Waals surface area contributed by atoms with Crippen LogP contribution in [0.2, 0.25) is 0 Å². The number of unbranched alkanes of at least 4 members (excludes halogenated alkanes) is 1. The first-order valence-electron chi connectivity index (χ1n) is 7.60. The molecule has 1 saturated carbocycles. The molecule has 1 nitrogen and oxygen atoms in total. The normalized spacial score (nSPS) is 33.7. The zero-order valence-corrected chi connectivity index (χ0v) is 11.8. The van der Waals surface area contributed by atoms with Gasteiger partial charge in [-0.05, 0) is 30.9 Å². The number of fused-ring (bicyclic) bond motifs is 3. The Morgan fingerprint density at radius 1 is 1.17 bits per heavy atom. The van der Waals surface area contributed by atoms with Crippen LogP contribution in [0.5, 0.6) is 0 Å². The van der Waals surface area contributed by atoms with Crippen molar-refractivity contribution in [2.24, 2.45) is 0 Å². The van der Waals surface area contributed by atoms with Crippen LogP contribution < -0.4 is 5.32 Å². The van der Waals surface area contributed by atoms with E-state index in [2.05, 4.69) is 43.4 Å². The number of benzene rings is 1. The Hall–Kier alpha value is -0.980. The smallest absolute Gasteiger partial charge is 0.0468 e. The largest absolute Gasteiger partial charge is 0.378 e. The van der Waals surface area contributed by atoms with Gasteiger partial charge in [0.25, 0.3) is 0 Å². The molecule has 0 saturated heterocycles. The molecule has 1 aromatic rings. The van der Waals surface area contributed by atoms with Crippen molar-refractivity contribution in [3.05, 3.63) is 29.8 Å². The van der Waals surface area contributed by atoms with E-state index in [0.717, 1.165) is 0 Å². The van der Waals surface area contributed by atoms with Gasteiger partial charge >= 0.3 is 0 Å². The van der Waals surface area contributed by atoms with Crippen molar-refractivity contribution in [2.75, 3.05) is 5.32 Å². The van der Waals surface area contributed by atoms with Crippen LogP contribution in [0, 0.1) is 0 Å². The van der Waals surface area contributed by atoms with Crippen molar-refractivity contribution in [1.29, 1.82) is 0 Å². The van der Waals surface area contributed by atoms with E-state index in [-0.39, 0.29) is 0 Å². The zero-order valence-electron chi connectivity index (χ0n) is 11.8. The second-order valence-corrected chi connectivity index (χ2v) is 6.40. The fourth-order valence-corrected chi connectivity index (χ4v) is 4.29. The van der Waals surface area contributed by atoms with Gasteiger partial charge in [-0.3, -0.25) is 0 Å². The SMILES string of the molecule is CCCCC12CCCCC1(C)c1ccccc1N2. The van der Waals surface area contributed by atoms with Crippen molar-refractivity contribution in [1.82, 2.24) is 0 Å². The van der Waals surface area contributed by atoms with Gasteiger partial charge in [-0.2, -0.15) is 0 Å². The minimum Gasteiger partial charge on any atom is -0.378 e. The van der Waals surface area contributed by atoms with E-state index < -0.39 is 0 Å². The molecule has 0 amide bonds. The second kappa shape index (κ2) is 4.29. The van der Waals surface area contributed by atoms with Crippen molar-refractivity contribution >= 4 is 5.69 Å². The van der Waals surface area contributed by atoms with E-state index in [9.17, 15) is 0 Å². The van der Waals surface area contributed by atoms with Crippen LogP contribution in [0.3, 0.4) is 0 Å². The third-order valence-electron chi connectivity index (χ3n) is 5.44. The standard InChI is InChI=1S/C17H25N/c1-3-4-12-17-13-8-7-11-16(17,2)14-9-5-6-10-15(14)18-17/h5-6,9-10,18H,3-4,7-8,11-13H2,1-2H3. The van der Waals surface area contributed by atoms with Crippen LogP contribution in [0.15, 0.2) is 24.3 Å². The molecule has 2 atom stereocenters. The van der Waals surface area contributed by atoms with Crippen molar-refractivity contribution < 1.29 is 0 Å². The first kappa shape index (κ1) is 12.1. The Balaban J connectivity index is 2.03. The zero-order chi connectivity index (χ0) is 12.6. The number of rotatable bonds is 3. The van der Waals surface area contributed by atoms with E-state index in [0.29, 0.717) is 11.0 Å². The number of hydrogen-bond donors (Lipinski definition) is 1. The summed E-state index contributed by atoms with van der Waals surface area (Å²) in [6.45, 7) is 4.81. The number of para-hydroxylation sites is 1. The van der Waals surface area contributed by atoms with Crippen LogP contribution in [0.4, 0.5) is 5.69 Å². The van der Waals surface area contributed by atoms with Gasteiger partial charge in [0.05, 0.1) is 0 Å². The summed E-state index contributed by atoms with van der Waals surface area (Å²) in [5.74, 6) is 0. The van der Waals surface area contributed by atoms with Gasteiger partial charge in [-0.15, -0.1) is 0 Å². The third kappa shape index (κ3) is 1.52. The predicted molar refractivity (Wildman–Crippen MR) is 78.1 cm³/mol. The van der Waals surface area contributed by atoms with E-state index in [1.165, 1.54) is 50.6 Å². The van der Waals surface area contributed by atoms with Crippen LogP contribution in [0.25, 0.3) is 0 Å². The highest BCUT2D eigenvalue weighted by atomic mass is 15.1. The summed E-state index contributed by atoms with van der Waals surface area (Å²) in [7, 11) is 0. The average molecular weight is 243 g/mol. The average Bonchev–Trinajstić information content (AvgIpc) is 2.66. The van der Waals surface area contributed by atoms with Crippen molar-refractivity contribution in [3.8, 4) is 0 Å². The fourth-order valence-electron chi connectivity index (χ4n) is 4.29. The van der Waals surface area contributed by atoms with Gasteiger partial charge in [0.2, 0.25) is 0 Å². The molecule has 1 aliphatic carbocycles. The molecule has 3 rings (SSSR count). The molecule has 98 valence electrons. The lowest BCUT2D eigenvalue weighted by atomic mass is 9.59. The first-order valence-corrected chi connectivity index (χ1v) is 7.60. The minimum atomic E-state index is 0.338. The van der Waals surface area contributed by atoms with E-state index in [1.54, 1.807) is 5.56 Å². The summed E-state index contributed by atoms with van der Waals surface area (Å²) >= 11 is 0. The Kier molecular flexibility index (Phi) is 2.88. The lowest BCUT2D eigenvalue weighted by molar-refractivity contribution is 0.180. The number of hydrogen-bond acceptors (Lipinski definition) is 1. The maximum Gasteiger partial charge on any atom is 0.0468 e. The van der Waals surface area contributed by atoms with Crippen LogP contribution in [-0.4, -0.2) is 5.54 Å². The Morgan fingerprint density at radius 2 is 1.94 bits per heavy atom. The third-order valence-corrected chi connectivity index (χ3v) is 5.44. The maximum atomic E-state index is 3.93. The molecule has 1 aromatic carbocycles. The molecule has 1 heteroatoms. The molecule has 0 bridgehead atoms.